The molecule has 0 atom stereocenters. The highest BCUT2D eigenvalue weighted by atomic mass is 16.3. The Morgan fingerprint density at radius 2 is 2.08 bits per heavy atom. The van der Waals surface area contributed by atoms with Gasteiger partial charge in [-0.15, -0.1) is 0 Å². The van der Waals surface area contributed by atoms with Crippen molar-refractivity contribution in [2.45, 2.75) is 26.3 Å². The molecule has 2 N–H and O–H groups in total. The second kappa shape index (κ2) is 4.28. The number of phenolic OH excluding ortho intramolecular Hbond substituents is 1. The topological polar surface area (TPSA) is 32.3 Å². The number of nitrogens with one attached hydrogen (secondary N) is 1. The van der Waals surface area contributed by atoms with Crippen molar-refractivity contribution in [2.24, 2.45) is 0 Å². The lowest BCUT2D eigenvalue weighted by molar-refractivity contribution is 0.464. The van der Waals surface area contributed by atoms with E-state index >= 15 is 0 Å². The van der Waals surface area contributed by atoms with Gasteiger partial charge in [-0.05, 0) is 24.6 Å². The Kier molecular flexibility index (Phi) is 3.32. The Balaban J connectivity index is 3.09. The number of hydrogen-bond acceptors (Lipinski definition) is 2. The first-order valence-corrected chi connectivity index (χ1v) is 4.62. The molecule has 72 valence electrons. The molecule has 1 aromatic carbocycles. The van der Waals surface area contributed by atoms with Crippen molar-refractivity contribution in [3.05, 3.63) is 29.3 Å². The van der Waals surface area contributed by atoms with E-state index in [9.17, 15) is 5.11 Å². The van der Waals surface area contributed by atoms with Gasteiger partial charge in [-0.25, -0.2) is 0 Å². The molecule has 0 heterocycles. The Labute approximate surface area is 79.6 Å². The summed E-state index contributed by atoms with van der Waals surface area (Å²) in [7, 11) is 1.89. The van der Waals surface area contributed by atoms with Gasteiger partial charge in [-0.3, -0.25) is 0 Å². The predicted octanol–water partition coefficient (Wildman–Crippen LogP) is 2.24. The molecule has 0 saturated heterocycles. The van der Waals surface area contributed by atoms with Crippen LogP contribution in [0, 0.1) is 0 Å². The Morgan fingerprint density at radius 1 is 1.38 bits per heavy atom. The van der Waals surface area contributed by atoms with Gasteiger partial charge in [0.1, 0.15) is 5.75 Å². The van der Waals surface area contributed by atoms with Crippen LogP contribution >= 0.6 is 0 Å². The second-order valence-electron chi connectivity index (χ2n) is 3.53. The molecule has 0 saturated carbocycles. The number of phenols is 1. The van der Waals surface area contributed by atoms with Gasteiger partial charge in [0.25, 0.3) is 0 Å². The first kappa shape index (κ1) is 10.1. The van der Waals surface area contributed by atoms with Crippen LogP contribution in [-0.4, -0.2) is 12.2 Å². The fourth-order valence-electron chi connectivity index (χ4n) is 1.50. The van der Waals surface area contributed by atoms with E-state index in [1.54, 1.807) is 6.07 Å². The van der Waals surface area contributed by atoms with Gasteiger partial charge in [0, 0.05) is 12.1 Å². The molecular formula is C11H17NO. The summed E-state index contributed by atoms with van der Waals surface area (Å²) in [6, 6.07) is 5.69. The van der Waals surface area contributed by atoms with Gasteiger partial charge in [-0.1, -0.05) is 26.0 Å². The minimum atomic E-state index is 0.389. The molecule has 0 radical (unpaired) electrons. The number of hydrogen-bond donors (Lipinski definition) is 2. The molecule has 2 heteroatoms. The summed E-state index contributed by atoms with van der Waals surface area (Å²) in [5.41, 5.74) is 2.23. The summed E-state index contributed by atoms with van der Waals surface area (Å²) in [5, 5.41) is 12.7. The lowest BCUT2D eigenvalue weighted by Crippen LogP contribution is -2.08. The molecule has 0 amide bonds. The van der Waals surface area contributed by atoms with E-state index in [1.165, 1.54) is 5.56 Å². The van der Waals surface area contributed by atoms with E-state index in [0.717, 1.165) is 12.1 Å². The summed E-state index contributed by atoms with van der Waals surface area (Å²) >= 11 is 0. The van der Waals surface area contributed by atoms with Gasteiger partial charge in [0.2, 0.25) is 0 Å². The molecule has 0 unspecified atom stereocenters. The largest absolute Gasteiger partial charge is 0.508 e. The van der Waals surface area contributed by atoms with Crippen LogP contribution in [-0.2, 0) is 6.54 Å². The van der Waals surface area contributed by atoms with Crippen LogP contribution in [0.1, 0.15) is 30.9 Å². The SMILES string of the molecule is CNCc1c(O)cccc1C(C)C. The Hall–Kier alpha value is -1.02. The molecule has 0 bridgehead atoms. The molecule has 2 nitrogen and oxygen atoms in total. The van der Waals surface area contributed by atoms with Crippen LogP contribution in [0.4, 0.5) is 0 Å². The molecule has 13 heavy (non-hydrogen) atoms. The van der Waals surface area contributed by atoms with Gasteiger partial charge >= 0.3 is 0 Å². The zero-order valence-corrected chi connectivity index (χ0v) is 8.46. The minimum absolute atomic E-state index is 0.389. The summed E-state index contributed by atoms with van der Waals surface area (Å²) in [5.74, 6) is 0.844. The summed E-state index contributed by atoms with van der Waals surface area (Å²) in [6.45, 7) is 4.99. The number of rotatable bonds is 3. The monoisotopic (exact) mass is 179 g/mol. The van der Waals surface area contributed by atoms with Crippen LogP contribution in [0.5, 0.6) is 5.75 Å². The van der Waals surface area contributed by atoms with Gasteiger partial charge in [-0.2, -0.15) is 0 Å². The van der Waals surface area contributed by atoms with Gasteiger partial charge in [0.05, 0.1) is 0 Å². The first-order chi connectivity index (χ1) is 6.16. The molecule has 0 aliphatic rings. The third kappa shape index (κ3) is 2.22. The first-order valence-electron chi connectivity index (χ1n) is 4.62. The van der Waals surface area contributed by atoms with Crippen molar-refractivity contribution in [1.82, 2.24) is 5.32 Å². The number of benzene rings is 1. The van der Waals surface area contributed by atoms with E-state index in [4.69, 9.17) is 0 Å². The van der Waals surface area contributed by atoms with Crippen LogP contribution < -0.4 is 5.32 Å². The second-order valence-corrected chi connectivity index (χ2v) is 3.53. The lowest BCUT2D eigenvalue weighted by atomic mass is 9.96. The van der Waals surface area contributed by atoms with Crippen LogP contribution in [0.2, 0.25) is 0 Å². The average Bonchev–Trinajstić information content (AvgIpc) is 2.08. The predicted molar refractivity (Wildman–Crippen MR) is 55.0 cm³/mol. The fraction of sp³-hybridized carbons (Fsp3) is 0.455. The molecule has 0 fully saturated rings. The smallest absolute Gasteiger partial charge is 0.120 e. The van der Waals surface area contributed by atoms with E-state index in [1.807, 2.05) is 13.1 Å². The van der Waals surface area contributed by atoms with Crippen molar-refractivity contribution in [3.8, 4) is 5.75 Å². The average molecular weight is 179 g/mol. The quantitative estimate of drug-likeness (QED) is 0.745. The summed E-state index contributed by atoms with van der Waals surface area (Å²) in [4.78, 5) is 0. The van der Waals surface area contributed by atoms with Crippen molar-refractivity contribution in [1.29, 1.82) is 0 Å². The highest BCUT2D eigenvalue weighted by Gasteiger charge is 2.08. The van der Waals surface area contributed by atoms with Gasteiger partial charge in [0.15, 0.2) is 0 Å². The molecular weight excluding hydrogens is 162 g/mol. The van der Waals surface area contributed by atoms with E-state index < -0.39 is 0 Å². The van der Waals surface area contributed by atoms with Crippen molar-refractivity contribution in [3.63, 3.8) is 0 Å². The zero-order valence-electron chi connectivity index (χ0n) is 8.46. The maximum Gasteiger partial charge on any atom is 0.120 e. The number of aromatic hydroxyl groups is 1. The Morgan fingerprint density at radius 3 is 2.62 bits per heavy atom. The van der Waals surface area contributed by atoms with Crippen molar-refractivity contribution < 1.29 is 5.11 Å². The fourth-order valence-corrected chi connectivity index (χ4v) is 1.50. The lowest BCUT2D eigenvalue weighted by Gasteiger charge is -2.13. The van der Waals surface area contributed by atoms with Crippen molar-refractivity contribution in [2.75, 3.05) is 7.05 Å². The van der Waals surface area contributed by atoms with Crippen LogP contribution in [0.15, 0.2) is 18.2 Å². The van der Waals surface area contributed by atoms with Gasteiger partial charge < -0.3 is 10.4 Å². The summed E-state index contributed by atoms with van der Waals surface area (Å²) < 4.78 is 0. The highest BCUT2D eigenvalue weighted by molar-refractivity contribution is 5.40. The third-order valence-electron chi connectivity index (χ3n) is 2.16. The zero-order chi connectivity index (χ0) is 9.84. The van der Waals surface area contributed by atoms with Crippen LogP contribution in [0.3, 0.4) is 0 Å². The molecule has 0 aliphatic carbocycles. The third-order valence-corrected chi connectivity index (χ3v) is 2.16. The normalized spacial score (nSPS) is 10.8. The maximum atomic E-state index is 9.63. The highest BCUT2D eigenvalue weighted by Crippen LogP contribution is 2.26. The van der Waals surface area contributed by atoms with Crippen LogP contribution in [0.25, 0.3) is 0 Å². The molecule has 0 spiro atoms. The molecule has 1 rings (SSSR count). The van der Waals surface area contributed by atoms with E-state index in [0.29, 0.717) is 11.7 Å². The van der Waals surface area contributed by atoms with Crippen molar-refractivity contribution >= 4 is 0 Å². The standard InChI is InChI=1S/C11H17NO/c1-8(2)9-5-4-6-11(13)10(9)7-12-3/h4-6,8,12-13H,7H2,1-3H3. The molecule has 1 aromatic rings. The maximum absolute atomic E-state index is 9.63. The Bertz CT molecular complexity index is 281. The molecule has 0 aliphatic heterocycles. The van der Waals surface area contributed by atoms with E-state index in [-0.39, 0.29) is 0 Å². The van der Waals surface area contributed by atoms with E-state index in [2.05, 4.69) is 25.2 Å². The summed E-state index contributed by atoms with van der Waals surface area (Å²) in [6.07, 6.45) is 0. The minimum Gasteiger partial charge on any atom is -0.508 e. The molecule has 0 aromatic heterocycles.